The minimum atomic E-state index is -0.727. The van der Waals surface area contributed by atoms with Crippen molar-refractivity contribution in [3.05, 3.63) is 34.3 Å². The van der Waals surface area contributed by atoms with Gasteiger partial charge in [0.25, 0.3) is 0 Å². The monoisotopic (exact) mass is 355 g/mol. The molecule has 0 saturated heterocycles. The molecule has 0 spiro atoms. The number of hydrogen-bond donors (Lipinski definition) is 1. The minimum absolute atomic E-state index is 0.727. The third-order valence-electron chi connectivity index (χ3n) is 3.27. The summed E-state index contributed by atoms with van der Waals surface area (Å²) in [7, 11) is 4.03. The van der Waals surface area contributed by atoms with Crippen molar-refractivity contribution in [2.24, 2.45) is 0 Å². The maximum absolute atomic E-state index is 10.6. The van der Waals surface area contributed by atoms with E-state index in [1.807, 2.05) is 29.7 Å². The Bertz CT molecular complexity index is 578. The molecule has 2 aromatic heterocycles. The van der Waals surface area contributed by atoms with Gasteiger partial charge in [-0.25, -0.2) is 0 Å². The van der Waals surface area contributed by atoms with Crippen molar-refractivity contribution in [1.29, 1.82) is 0 Å². The molecule has 0 aliphatic carbocycles. The number of aromatic nitrogens is 4. The number of likely N-dealkylation sites (N-methyl/N-ethyl adjacent to an activating group) is 1. The predicted octanol–water partition coefficient (Wildman–Crippen LogP) is 1.90. The summed E-state index contributed by atoms with van der Waals surface area (Å²) in [5.74, 6) is 0. The molecule has 0 aliphatic rings. The average molecular weight is 356 g/mol. The second-order valence-corrected chi connectivity index (χ2v) is 6.20. The number of halogens is 1. The van der Waals surface area contributed by atoms with Crippen molar-refractivity contribution in [1.82, 2.24) is 24.5 Å². The van der Waals surface area contributed by atoms with Crippen molar-refractivity contribution in [3.8, 4) is 0 Å². The van der Waals surface area contributed by atoms with Gasteiger partial charge < -0.3 is 10.0 Å². The summed E-state index contributed by atoms with van der Waals surface area (Å²) in [6.07, 6.45) is 5.63. The largest absolute Gasteiger partial charge is 0.382 e. The predicted molar refractivity (Wildman–Crippen MR) is 85.1 cm³/mol. The molecule has 2 aromatic rings. The second kappa shape index (κ2) is 7.20. The maximum Gasteiger partial charge on any atom is 0.125 e. The number of hydrogen-bond acceptors (Lipinski definition) is 4. The molecular formula is C14H22BrN5O. The van der Waals surface area contributed by atoms with Crippen LogP contribution in [0.2, 0.25) is 0 Å². The van der Waals surface area contributed by atoms with Crippen LogP contribution in [0.5, 0.6) is 0 Å². The number of aliphatic hydroxyl groups is 1. The molecule has 6 nitrogen and oxygen atoms in total. The zero-order valence-corrected chi connectivity index (χ0v) is 14.3. The van der Waals surface area contributed by atoms with Crippen LogP contribution in [0.15, 0.2) is 23.1 Å². The van der Waals surface area contributed by atoms with Crippen LogP contribution in [0.25, 0.3) is 0 Å². The van der Waals surface area contributed by atoms with Crippen molar-refractivity contribution in [2.45, 2.75) is 32.5 Å². The fourth-order valence-corrected chi connectivity index (χ4v) is 2.66. The molecule has 0 saturated carbocycles. The van der Waals surface area contributed by atoms with E-state index in [1.54, 1.807) is 12.4 Å². The van der Waals surface area contributed by atoms with Gasteiger partial charge in [-0.05, 0) is 36.4 Å². The van der Waals surface area contributed by atoms with E-state index < -0.39 is 6.10 Å². The Morgan fingerprint density at radius 2 is 2.05 bits per heavy atom. The van der Waals surface area contributed by atoms with Crippen molar-refractivity contribution >= 4 is 15.9 Å². The molecule has 0 aliphatic heterocycles. The van der Waals surface area contributed by atoms with Crippen molar-refractivity contribution < 1.29 is 5.11 Å². The minimum Gasteiger partial charge on any atom is -0.382 e. The van der Waals surface area contributed by atoms with Crippen LogP contribution < -0.4 is 0 Å². The topological polar surface area (TPSA) is 59.1 Å². The maximum atomic E-state index is 10.6. The highest BCUT2D eigenvalue weighted by molar-refractivity contribution is 9.10. The Morgan fingerprint density at radius 1 is 1.29 bits per heavy atom. The lowest BCUT2D eigenvalue weighted by atomic mass is 10.1. The Hall–Kier alpha value is -1.18. The quantitative estimate of drug-likeness (QED) is 0.823. The van der Waals surface area contributed by atoms with Crippen LogP contribution in [-0.2, 0) is 13.1 Å². The van der Waals surface area contributed by atoms with Crippen LogP contribution in [-0.4, -0.2) is 50.2 Å². The summed E-state index contributed by atoms with van der Waals surface area (Å²) < 4.78 is 4.51. The van der Waals surface area contributed by atoms with E-state index in [0.717, 1.165) is 41.8 Å². The van der Waals surface area contributed by atoms with E-state index in [-0.39, 0.29) is 0 Å². The van der Waals surface area contributed by atoms with Crippen LogP contribution in [0.3, 0.4) is 0 Å². The Morgan fingerprint density at radius 3 is 2.71 bits per heavy atom. The van der Waals surface area contributed by atoms with Gasteiger partial charge in [-0.15, -0.1) is 0 Å². The number of aliphatic hydroxyl groups excluding tert-OH is 1. The normalized spacial score (nSPS) is 13.0. The van der Waals surface area contributed by atoms with E-state index in [2.05, 4.69) is 38.0 Å². The van der Waals surface area contributed by atoms with Gasteiger partial charge in [-0.2, -0.15) is 10.2 Å². The highest BCUT2D eigenvalue weighted by Gasteiger charge is 2.21. The van der Waals surface area contributed by atoms with Gasteiger partial charge in [-0.1, -0.05) is 6.92 Å². The molecule has 7 heteroatoms. The van der Waals surface area contributed by atoms with Crippen LogP contribution >= 0.6 is 15.9 Å². The first-order valence-corrected chi connectivity index (χ1v) is 7.88. The van der Waals surface area contributed by atoms with Gasteiger partial charge in [0.05, 0.1) is 29.1 Å². The lowest BCUT2D eigenvalue weighted by molar-refractivity contribution is 0.204. The summed E-state index contributed by atoms with van der Waals surface area (Å²) in [4.78, 5) is 2.09. The van der Waals surface area contributed by atoms with Gasteiger partial charge in [0, 0.05) is 24.8 Å². The van der Waals surface area contributed by atoms with E-state index in [4.69, 9.17) is 0 Å². The van der Waals surface area contributed by atoms with Crippen LogP contribution in [0.4, 0.5) is 0 Å². The summed E-state index contributed by atoms with van der Waals surface area (Å²) in [5.41, 5.74) is 1.56. The third kappa shape index (κ3) is 3.93. The average Bonchev–Trinajstić information content (AvgIpc) is 3.03. The smallest absolute Gasteiger partial charge is 0.125 e. The number of rotatable bonds is 7. The zero-order chi connectivity index (χ0) is 15.4. The van der Waals surface area contributed by atoms with E-state index in [9.17, 15) is 5.11 Å². The molecule has 21 heavy (non-hydrogen) atoms. The van der Waals surface area contributed by atoms with E-state index in [0.29, 0.717) is 0 Å². The van der Waals surface area contributed by atoms with Gasteiger partial charge in [0.2, 0.25) is 0 Å². The van der Waals surface area contributed by atoms with Crippen molar-refractivity contribution in [2.75, 3.05) is 20.6 Å². The first kappa shape index (κ1) is 16.2. The SMILES string of the molecule is CCCn1cc(C(O)c2c(Br)cnn2CCN(C)C)cn1. The summed E-state index contributed by atoms with van der Waals surface area (Å²) in [5, 5.41) is 19.2. The highest BCUT2D eigenvalue weighted by atomic mass is 79.9. The third-order valence-corrected chi connectivity index (χ3v) is 3.88. The lowest BCUT2D eigenvalue weighted by Gasteiger charge is -2.15. The van der Waals surface area contributed by atoms with Gasteiger partial charge in [0.15, 0.2) is 0 Å². The highest BCUT2D eigenvalue weighted by Crippen LogP contribution is 2.28. The zero-order valence-electron chi connectivity index (χ0n) is 12.7. The summed E-state index contributed by atoms with van der Waals surface area (Å²) in [6.45, 7) is 4.55. The molecule has 1 atom stereocenters. The summed E-state index contributed by atoms with van der Waals surface area (Å²) >= 11 is 3.48. The molecule has 2 heterocycles. The van der Waals surface area contributed by atoms with E-state index >= 15 is 0 Å². The lowest BCUT2D eigenvalue weighted by Crippen LogP contribution is -2.21. The molecule has 0 aromatic carbocycles. The number of nitrogens with zero attached hydrogens (tertiary/aromatic N) is 5. The molecule has 0 fully saturated rings. The molecule has 116 valence electrons. The standard InChI is InChI=1S/C14H22BrN5O/c1-4-5-19-10-11(8-16-19)14(21)13-12(15)9-17-20(13)7-6-18(2)3/h8-10,14,21H,4-7H2,1-3H3. The van der Waals surface area contributed by atoms with E-state index in [1.165, 1.54) is 0 Å². The van der Waals surface area contributed by atoms with Gasteiger partial charge >= 0.3 is 0 Å². The Kier molecular flexibility index (Phi) is 5.55. The first-order valence-electron chi connectivity index (χ1n) is 7.09. The van der Waals surface area contributed by atoms with Gasteiger partial charge in [0.1, 0.15) is 6.10 Å². The molecule has 1 N–H and O–H groups in total. The molecule has 0 radical (unpaired) electrons. The fraction of sp³-hybridized carbons (Fsp3) is 0.571. The summed E-state index contributed by atoms with van der Waals surface area (Å²) in [6, 6.07) is 0. The number of aryl methyl sites for hydroxylation is 1. The molecule has 0 bridgehead atoms. The molecule has 0 amide bonds. The van der Waals surface area contributed by atoms with Crippen LogP contribution in [0, 0.1) is 0 Å². The molecular weight excluding hydrogens is 334 g/mol. The van der Waals surface area contributed by atoms with Gasteiger partial charge in [-0.3, -0.25) is 9.36 Å². The van der Waals surface area contributed by atoms with Crippen molar-refractivity contribution in [3.63, 3.8) is 0 Å². The first-order chi connectivity index (χ1) is 10.0. The fourth-order valence-electron chi connectivity index (χ4n) is 2.15. The molecule has 2 rings (SSSR count). The van der Waals surface area contributed by atoms with Crippen LogP contribution in [0.1, 0.15) is 30.7 Å². The Labute approximate surface area is 133 Å². The molecule has 1 unspecified atom stereocenters. The second-order valence-electron chi connectivity index (χ2n) is 5.34. The Balaban J connectivity index is 2.20.